The molecule has 0 saturated carbocycles. The third kappa shape index (κ3) is 4.53. The maximum atomic E-state index is 5.75. The first-order valence-corrected chi connectivity index (χ1v) is 8.81. The zero-order valence-corrected chi connectivity index (χ0v) is 10.7. The van der Waals surface area contributed by atoms with Crippen molar-refractivity contribution in [2.45, 2.75) is 24.5 Å². The normalized spacial score (nSPS) is 11.1. The molecule has 76 valence electrons. The van der Waals surface area contributed by atoms with Crippen molar-refractivity contribution in [1.29, 1.82) is 0 Å². The average Bonchev–Trinajstić information content (AvgIpc) is 2.02. The van der Waals surface area contributed by atoms with Crippen molar-refractivity contribution < 1.29 is 4.43 Å². The quantitative estimate of drug-likeness (QED) is 0.432. The van der Waals surface area contributed by atoms with E-state index in [4.69, 9.17) is 4.43 Å². The van der Waals surface area contributed by atoms with Crippen molar-refractivity contribution in [2.75, 3.05) is 0 Å². The highest BCUT2D eigenvalue weighted by atomic mass is 32.2. The lowest BCUT2D eigenvalue weighted by atomic mass is 10.4. The van der Waals surface area contributed by atoms with Crippen LogP contribution in [0.1, 0.15) is 0 Å². The summed E-state index contributed by atoms with van der Waals surface area (Å²) >= 11 is 1.59. The molecule has 1 aromatic rings. The highest BCUT2D eigenvalue weighted by Gasteiger charge is 2.17. The van der Waals surface area contributed by atoms with Crippen molar-refractivity contribution in [3.8, 4) is 0 Å². The minimum Gasteiger partial charge on any atom is -0.540 e. The van der Waals surface area contributed by atoms with E-state index in [-0.39, 0.29) is 0 Å². The van der Waals surface area contributed by atoms with Crippen LogP contribution in [0.15, 0.2) is 46.9 Å². The van der Waals surface area contributed by atoms with Gasteiger partial charge in [0.15, 0.2) is 0 Å². The predicted octanol–water partition coefficient (Wildman–Crippen LogP) is 4.10. The summed E-state index contributed by atoms with van der Waals surface area (Å²) in [5, 5.41) is 0.801. The maximum absolute atomic E-state index is 5.75. The van der Waals surface area contributed by atoms with Gasteiger partial charge in [0.2, 0.25) is 8.32 Å². The van der Waals surface area contributed by atoms with E-state index in [0.29, 0.717) is 0 Å². The van der Waals surface area contributed by atoms with Gasteiger partial charge in [0.1, 0.15) is 5.09 Å². The Morgan fingerprint density at radius 3 is 2.29 bits per heavy atom. The molecule has 1 rings (SSSR count). The summed E-state index contributed by atoms with van der Waals surface area (Å²) in [7, 11) is -1.49. The van der Waals surface area contributed by atoms with Gasteiger partial charge in [-0.15, -0.1) is 0 Å². The maximum Gasteiger partial charge on any atom is 0.242 e. The Kier molecular flexibility index (Phi) is 3.83. The van der Waals surface area contributed by atoms with Crippen LogP contribution in [-0.2, 0) is 4.43 Å². The summed E-state index contributed by atoms with van der Waals surface area (Å²) in [5.74, 6) is 0. The second-order valence-electron chi connectivity index (χ2n) is 4.00. The first-order valence-electron chi connectivity index (χ1n) is 4.58. The molecule has 0 N–H and O–H groups in total. The molecular weight excluding hydrogens is 208 g/mol. The van der Waals surface area contributed by atoms with Crippen LogP contribution in [0.3, 0.4) is 0 Å². The number of hydrogen-bond acceptors (Lipinski definition) is 2. The standard InChI is InChI=1S/C11H16OSSi/c1-10(12-14(2,3)4)13-11-8-6-5-7-9-11/h5-9H,1H2,2-4H3. The highest BCUT2D eigenvalue weighted by molar-refractivity contribution is 8.03. The molecule has 0 amide bonds. The molecule has 0 aliphatic carbocycles. The molecule has 3 heteroatoms. The zero-order chi connectivity index (χ0) is 10.6. The minimum absolute atomic E-state index is 0.801. The molecule has 0 atom stereocenters. The summed E-state index contributed by atoms with van der Waals surface area (Å²) in [4.78, 5) is 1.18. The van der Waals surface area contributed by atoms with Crippen molar-refractivity contribution in [3.63, 3.8) is 0 Å². The van der Waals surface area contributed by atoms with E-state index in [9.17, 15) is 0 Å². The van der Waals surface area contributed by atoms with E-state index in [1.165, 1.54) is 4.90 Å². The molecular formula is C11H16OSSi. The molecule has 0 radical (unpaired) electrons. The first-order chi connectivity index (χ1) is 6.47. The molecule has 0 aromatic heterocycles. The molecule has 0 unspecified atom stereocenters. The fraction of sp³-hybridized carbons (Fsp3) is 0.273. The molecule has 0 bridgehead atoms. The Balaban J connectivity index is 2.50. The molecule has 0 saturated heterocycles. The fourth-order valence-electron chi connectivity index (χ4n) is 0.982. The van der Waals surface area contributed by atoms with Gasteiger partial charge in [0, 0.05) is 4.90 Å². The van der Waals surface area contributed by atoms with Gasteiger partial charge in [-0.05, 0) is 31.8 Å². The largest absolute Gasteiger partial charge is 0.540 e. The molecule has 14 heavy (non-hydrogen) atoms. The van der Waals surface area contributed by atoms with Gasteiger partial charge in [-0.2, -0.15) is 0 Å². The van der Waals surface area contributed by atoms with Gasteiger partial charge < -0.3 is 4.43 Å². The zero-order valence-electron chi connectivity index (χ0n) is 8.91. The van der Waals surface area contributed by atoms with Gasteiger partial charge >= 0.3 is 0 Å². The fourth-order valence-corrected chi connectivity index (χ4v) is 3.14. The Hall–Kier alpha value is -0.673. The van der Waals surface area contributed by atoms with E-state index in [1.807, 2.05) is 18.2 Å². The topological polar surface area (TPSA) is 9.23 Å². The number of rotatable bonds is 4. The van der Waals surface area contributed by atoms with Crippen LogP contribution in [0.4, 0.5) is 0 Å². The Bertz CT molecular complexity index is 303. The van der Waals surface area contributed by atoms with Crippen molar-refractivity contribution >= 4 is 20.1 Å². The summed E-state index contributed by atoms with van der Waals surface area (Å²) in [6.45, 7) is 10.4. The van der Waals surface area contributed by atoms with E-state index in [0.717, 1.165) is 5.09 Å². The number of thioether (sulfide) groups is 1. The van der Waals surface area contributed by atoms with E-state index in [1.54, 1.807) is 11.8 Å². The van der Waals surface area contributed by atoms with Crippen LogP contribution in [0, 0.1) is 0 Å². The second kappa shape index (κ2) is 4.71. The molecule has 0 fully saturated rings. The van der Waals surface area contributed by atoms with Crippen LogP contribution in [0.2, 0.25) is 19.6 Å². The smallest absolute Gasteiger partial charge is 0.242 e. The lowest BCUT2D eigenvalue weighted by molar-refractivity contribution is 0.466. The summed E-state index contributed by atoms with van der Waals surface area (Å²) in [6, 6.07) is 10.2. The third-order valence-corrected chi connectivity index (χ3v) is 3.22. The Morgan fingerprint density at radius 2 is 1.79 bits per heavy atom. The van der Waals surface area contributed by atoms with Crippen molar-refractivity contribution in [3.05, 3.63) is 42.0 Å². The van der Waals surface area contributed by atoms with Crippen LogP contribution in [0.25, 0.3) is 0 Å². The Labute approximate surface area is 91.3 Å². The van der Waals surface area contributed by atoms with Gasteiger partial charge in [0.25, 0.3) is 0 Å². The Morgan fingerprint density at radius 1 is 1.21 bits per heavy atom. The highest BCUT2D eigenvalue weighted by Crippen LogP contribution is 2.27. The second-order valence-corrected chi connectivity index (χ2v) is 9.56. The monoisotopic (exact) mass is 224 g/mol. The average molecular weight is 224 g/mol. The van der Waals surface area contributed by atoms with Crippen molar-refractivity contribution in [2.24, 2.45) is 0 Å². The molecule has 1 nitrogen and oxygen atoms in total. The van der Waals surface area contributed by atoms with Crippen LogP contribution in [-0.4, -0.2) is 8.32 Å². The predicted molar refractivity (Wildman–Crippen MR) is 65.9 cm³/mol. The van der Waals surface area contributed by atoms with Gasteiger partial charge in [-0.1, -0.05) is 36.5 Å². The molecule has 0 heterocycles. The molecule has 0 aliphatic heterocycles. The summed E-state index contributed by atoms with van der Waals surface area (Å²) < 4.78 is 5.75. The molecule has 0 spiro atoms. The molecule has 1 aromatic carbocycles. The van der Waals surface area contributed by atoms with Crippen LogP contribution in [0.5, 0.6) is 0 Å². The molecule has 0 aliphatic rings. The van der Waals surface area contributed by atoms with Gasteiger partial charge in [0.05, 0.1) is 0 Å². The minimum atomic E-state index is -1.49. The lowest BCUT2D eigenvalue weighted by Gasteiger charge is -2.20. The van der Waals surface area contributed by atoms with Gasteiger partial charge in [-0.3, -0.25) is 0 Å². The van der Waals surface area contributed by atoms with Crippen LogP contribution >= 0.6 is 11.8 Å². The van der Waals surface area contributed by atoms with Crippen LogP contribution < -0.4 is 0 Å². The van der Waals surface area contributed by atoms with Gasteiger partial charge in [-0.25, -0.2) is 0 Å². The SMILES string of the molecule is C=C(O[Si](C)(C)C)Sc1ccccc1. The van der Waals surface area contributed by atoms with E-state index in [2.05, 4.69) is 38.4 Å². The lowest BCUT2D eigenvalue weighted by Crippen LogP contribution is -2.23. The summed E-state index contributed by atoms with van der Waals surface area (Å²) in [6.07, 6.45) is 0. The third-order valence-electron chi connectivity index (χ3n) is 1.39. The van der Waals surface area contributed by atoms with E-state index < -0.39 is 8.32 Å². The number of benzene rings is 1. The van der Waals surface area contributed by atoms with Crippen molar-refractivity contribution in [1.82, 2.24) is 0 Å². The number of hydrogen-bond donors (Lipinski definition) is 0. The van der Waals surface area contributed by atoms with E-state index >= 15 is 0 Å². The summed E-state index contributed by atoms with van der Waals surface area (Å²) in [5.41, 5.74) is 0. The first kappa shape index (κ1) is 11.4.